The minimum atomic E-state index is 0.726. The molecule has 1 aromatic heterocycles. The molecule has 3 heteroatoms. The summed E-state index contributed by atoms with van der Waals surface area (Å²) in [6.07, 6.45) is 7.27. The van der Waals surface area contributed by atoms with E-state index in [0.29, 0.717) is 0 Å². The molecule has 2 aliphatic heterocycles. The molecule has 1 aromatic rings. The first-order chi connectivity index (χ1) is 8.78. The molecule has 0 aliphatic carbocycles. The second-order valence-electron chi connectivity index (χ2n) is 5.78. The van der Waals surface area contributed by atoms with Crippen LogP contribution >= 0.6 is 0 Å². The van der Waals surface area contributed by atoms with Crippen LogP contribution in [0.25, 0.3) is 0 Å². The summed E-state index contributed by atoms with van der Waals surface area (Å²) in [6.45, 7) is 3.21. The van der Waals surface area contributed by atoms with Gasteiger partial charge in [-0.15, -0.1) is 0 Å². The fourth-order valence-corrected chi connectivity index (χ4v) is 3.62. The molecule has 2 saturated heterocycles. The Kier molecular flexibility index (Phi) is 3.35. The predicted molar refractivity (Wildman–Crippen MR) is 73.4 cm³/mol. The highest BCUT2D eigenvalue weighted by Gasteiger charge is 2.40. The van der Waals surface area contributed by atoms with Crippen molar-refractivity contribution in [2.24, 2.45) is 0 Å². The topological polar surface area (TPSA) is 28.2 Å². The molecule has 0 spiro atoms. The molecular formula is C15H23N3. The Balaban J connectivity index is 1.73. The van der Waals surface area contributed by atoms with Crippen LogP contribution in [0.4, 0.5) is 0 Å². The lowest BCUT2D eigenvalue weighted by molar-refractivity contribution is 0.110. The summed E-state index contributed by atoms with van der Waals surface area (Å²) in [5.74, 6) is 0. The molecule has 2 bridgehead atoms. The first-order valence-corrected chi connectivity index (χ1v) is 7.11. The van der Waals surface area contributed by atoms with E-state index >= 15 is 0 Å². The lowest BCUT2D eigenvalue weighted by atomic mass is 9.97. The smallest absolute Gasteiger partial charge is 0.0573 e. The third kappa shape index (κ3) is 2.17. The van der Waals surface area contributed by atoms with Crippen molar-refractivity contribution >= 4 is 0 Å². The molecule has 0 aromatic carbocycles. The van der Waals surface area contributed by atoms with Gasteiger partial charge < -0.3 is 5.32 Å². The van der Waals surface area contributed by atoms with Gasteiger partial charge in [0.15, 0.2) is 0 Å². The number of hydrogen-bond acceptors (Lipinski definition) is 3. The molecule has 0 amide bonds. The Hall–Kier alpha value is -0.930. The van der Waals surface area contributed by atoms with Gasteiger partial charge in [0.1, 0.15) is 0 Å². The zero-order valence-electron chi connectivity index (χ0n) is 11.4. The van der Waals surface area contributed by atoms with Gasteiger partial charge in [0.05, 0.1) is 5.69 Å². The van der Waals surface area contributed by atoms with Crippen LogP contribution in [-0.4, -0.2) is 35.1 Å². The van der Waals surface area contributed by atoms with E-state index in [1.165, 1.54) is 36.9 Å². The Morgan fingerprint density at radius 1 is 1.33 bits per heavy atom. The molecule has 3 heterocycles. The second-order valence-corrected chi connectivity index (χ2v) is 5.78. The van der Waals surface area contributed by atoms with Crippen LogP contribution in [-0.2, 0) is 6.54 Å². The van der Waals surface area contributed by atoms with Gasteiger partial charge in [0, 0.05) is 30.9 Å². The van der Waals surface area contributed by atoms with Crippen LogP contribution < -0.4 is 5.32 Å². The van der Waals surface area contributed by atoms with Gasteiger partial charge in [-0.1, -0.05) is 6.07 Å². The molecule has 1 N–H and O–H groups in total. The number of piperidine rings is 1. The highest BCUT2D eigenvalue weighted by molar-refractivity contribution is 5.18. The first-order valence-electron chi connectivity index (χ1n) is 7.11. The number of pyridine rings is 1. The monoisotopic (exact) mass is 245 g/mol. The highest BCUT2D eigenvalue weighted by Crippen LogP contribution is 2.36. The molecule has 3 nitrogen and oxygen atoms in total. The molecule has 2 fully saturated rings. The number of nitrogens with one attached hydrogen (secondary N) is 1. The lowest BCUT2D eigenvalue weighted by Crippen LogP contribution is -2.47. The molecule has 18 heavy (non-hydrogen) atoms. The van der Waals surface area contributed by atoms with E-state index in [1.807, 2.05) is 12.3 Å². The SMILES string of the molecule is CNC1CC2CCC(C1)N2Cc1ncccc1C. The largest absolute Gasteiger partial charge is 0.317 e. The Morgan fingerprint density at radius 3 is 2.67 bits per heavy atom. The molecule has 0 radical (unpaired) electrons. The number of rotatable bonds is 3. The van der Waals surface area contributed by atoms with Crippen molar-refractivity contribution in [3.8, 4) is 0 Å². The number of hydrogen-bond donors (Lipinski definition) is 1. The Labute approximate surface area is 110 Å². The van der Waals surface area contributed by atoms with Crippen molar-refractivity contribution in [3.05, 3.63) is 29.6 Å². The standard InChI is InChI=1S/C15H23N3/c1-11-4-3-7-17-15(11)10-18-13-5-6-14(18)9-12(8-13)16-2/h3-4,7,12-14,16H,5-6,8-10H2,1-2H3. The minimum Gasteiger partial charge on any atom is -0.317 e. The summed E-state index contributed by atoms with van der Waals surface area (Å²) < 4.78 is 0. The summed E-state index contributed by atoms with van der Waals surface area (Å²) >= 11 is 0. The average Bonchev–Trinajstić information content (AvgIpc) is 2.63. The zero-order chi connectivity index (χ0) is 12.5. The molecule has 3 rings (SSSR count). The lowest BCUT2D eigenvalue weighted by Gasteiger charge is -2.38. The molecule has 2 atom stereocenters. The van der Waals surface area contributed by atoms with E-state index in [0.717, 1.165) is 24.7 Å². The second kappa shape index (κ2) is 4.98. The maximum Gasteiger partial charge on any atom is 0.0573 e. The van der Waals surface area contributed by atoms with E-state index in [2.05, 4.69) is 35.2 Å². The number of aromatic nitrogens is 1. The molecule has 2 unspecified atom stereocenters. The third-order valence-electron chi connectivity index (χ3n) is 4.74. The van der Waals surface area contributed by atoms with Crippen LogP contribution in [0, 0.1) is 6.92 Å². The normalized spacial score (nSPS) is 31.8. The van der Waals surface area contributed by atoms with Crippen LogP contribution in [0.3, 0.4) is 0 Å². The van der Waals surface area contributed by atoms with Gasteiger partial charge in [0.25, 0.3) is 0 Å². The number of nitrogens with zero attached hydrogens (tertiary/aromatic N) is 2. The van der Waals surface area contributed by atoms with Crippen LogP contribution in [0.15, 0.2) is 18.3 Å². The van der Waals surface area contributed by atoms with E-state index in [-0.39, 0.29) is 0 Å². The summed E-state index contributed by atoms with van der Waals surface area (Å²) in [5, 5.41) is 3.46. The van der Waals surface area contributed by atoms with E-state index in [1.54, 1.807) is 0 Å². The van der Waals surface area contributed by atoms with E-state index in [9.17, 15) is 0 Å². The minimum absolute atomic E-state index is 0.726. The van der Waals surface area contributed by atoms with Gasteiger partial charge in [-0.25, -0.2) is 0 Å². The predicted octanol–water partition coefficient (Wildman–Crippen LogP) is 2.10. The van der Waals surface area contributed by atoms with Gasteiger partial charge in [-0.05, 0) is 51.3 Å². The third-order valence-corrected chi connectivity index (χ3v) is 4.74. The van der Waals surface area contributed by atoms with Crippen molar-refractivity contribution in [2.45, 2.75) is 57.3 Å². The summed E-state index contributed by atoms with van der Waals surface area (Å²) in [4.78, 5) is 7.25. The maximum absolute atomic E-state index is 4.55. The summed E-state index contributed by atoms with van der Waals surface area (Å²) in [6, 6.07) is 6.46. The quantitative estimate of drug-likeness (QED) is 0.884. The van der Waals surface area contributed by atoms with E-state index in [4.69, 9.17) is 0 Å². The number of aryl methyl sites for hydroxylation is 1. The van der Waals surface area contributed by atoms with Gasteiger partial charge in [0.2, 0.25) is 0 Å². The maximum atomic E-state index is 4.55. The summed E-state index contributed by atoms with van der Waals surface area (Å²) in [5.41, 5.74) is 2.59. The zero-order valence-corrected chi connectivity index (χ0v) is 11.4. The fourth-order valence-electron chi connectivity index (χ4n) is 3.62. The van der Waals surface area contributed by atoms with E-state index < -0.39 is 0 Å². The molecule has 2 aliphatic rings. The van der Waals surface area contributed by atoms with Crippen molar-refractivity contribution in [2.75, 3.05) is 7.05 Å². The summed E-state index contributed by atoms with van der Waals surface area (Å²) in [7, 11) is 2.10. The molecule has 0 saturated carbocycles. The highest BCUT2D eigenvalue weighted by atomic mass is 15.2. The van der Waals surface area contributed by atoms with Gasteiger partial charge >= 0.3 is 0 Å². The van der Waals surface area contributed by atoms with Crippen molar-refractivity contribution in [1.82, 2.24) is 15.2 Å². The fraction of sp³-hybridized carbons (Fsp3) is 0.667. The van der Waals surface area contributed by atoms with Gasteiger partial charge in [-0.3, -0.25) is 9.88 Å². The van der Waals surface area contributed by atoms with Crippen LogP contribution in [0.5, 0.6) is 0 Å². The molecule has 98 valence electrons. The van der Waals surface area contributed by atoms with Crippen LogP contribution in [0.1, 0.15) is 36.9 Å². The average molecular weight is 245 g/mol. The molecular weight excluding hydrogens is 222 g/mol. The van der Waals surface area contributed by atoms with Crippen molar-refractivity contribution in [1.29, 1.82) is 0 Å². The number of fused-ring (bicyclic) bond motifs is 2. The van der Waals surface area contributed by atoms with Gasteiger partial charge in [-0.2, -0.15) is 0 Å². The first kappa shape index (κ1) is 12.1. The Morgan fingerprint density at radius 2 is 2.06 bits per heavy atom. The van der Waals surface area contributed by atoms with Crippen LogP contribution in [0.2, 0.25) is 0 Å². The van der Waals surface area contributed by atoms with Crippen molar-refractivity contribution in [3.63, 3.8) is 0 Å². The van der Waals surface area contributed by atoms with Crippen molar-refractivity contribution < 1.29 is 0 Å². The Bertz CT molecular complexity index is 404.